The number of rotatable bonds is 9. The van der Waals surface area contributed by atoms with Crippen molar-refractivity contribution in [3.8, 4) is 17.2 Å². The molecule has 0 aliphatic rings. The van der Waals surface area contributed by atoms with E-state index in [1.54, 1.807) is 6.92 Å². The molecule has 0 aliphatic heterocycles. The molecule has 0 aromatic heterocycles. The molecule has 0 atom stereocenters. The Morgan fingerprint density at radius 3 is 2.37 bits per heavy atom. The molecule has 0 saturated carbocycles. The molecule has 2 rings (SSSR count). The third kappa shape index (κ3) is 5.84. The molecule has 0 spiro atoms. The lowest BCUT2D eigenvalue weighted by Crippen LogP contribution is -2.06. The molecule has 10 heteroatoms. The van der Waals surface area contributed by atoms with Gasteiger partial charge in [0.05, 0.1) is 23.7 Å². The van der Waals surface area contributed by atoms with Crippen molar-refractivity contribution in [1.29, 1.82) is 0 Å². The number of methoxy groups -OCH3 is 1. The van der Waals surface area contributed by atoms with E-state index in [1.807, 2.05) is 0 Å². The monoisotopic (exact) mass is 421 g/mol. The fraction of sp³-hybridized carbons (Fsp3) is 0.200. The maximum absolute atomic E-state index is 12.5. The maximum atomic E-state index is 12.5. The average molecular weight is 421 g/mol. The van der Waals surface area contributed by atoms with E-state index < -0.39 is 28.9 Å². The number of alkyl halides is 2. The third-order valence-electron chi connectivity index (χ3n) is 3.84. The first-order valence-electron chi connectivity index (χ1n) is 8.59. The SMILES string of the molecule is CCC(=O)c1ccc(OC(=O)/C=C/c2cc(OC)c(OC(F)F)cc2[N+](=O)[O-])cc1. The van der Waals surface area contributed by atoms with E-state index in [0.29, 0.717) is 12.0 Å². The largest absolute Gasteiger partial charge is 0.493 e. The second kappa shape index (κ2) is 10.1. The van der Waals surface area contributed by atoms with Gasteiger partial charge in [-0.2, -0.15) is 8.78 Å². The number of hydrogen-bond acceptors (Lipinski definition) is 7. The van der Waals surface area contributed by atoms with Crippen LogP contribution in [0.5, 0.6) is 17.2 Å². The van der Waals surface area contributed by atoms with E-state index in [9.17, 15) is 28.5 Å². The lowest BCUT2D eigenvalue weighted by molar-refractivity contribution is -0.385. The van der Waals surface area contributed by atoms with Crippen LogP contribution in [0.3, 0.4) is 0 Å². The number of benzene rings is 2. The zero-order valence-corrected chi connectivity index (χ0v) is 16.0. The van der Waals surface area contributed by atoms with Crippen molar-refractivity contribution in [2.24, 2.45) is 0 Å². The summed E-state index contributed by atoms with van der Waals surface area (Å²) in [5, 5.41) is 11.3. The number of carbonyl (C=O) groups is 2. The summed E-state index contributed by atoms with van der Waals surface area (Å²) in [6.45, 7) is -1.48. The Bertz CT molecular complexity index is 972. The normalized spacial score (nSPS) is 10.8. The van der Waals surface area contributed by atoms with Gasteiger partial charge >= 0.3 is 12.6 Å². The van der Waals surface area contributed by atoms with Crippen molar-refractivity contribution < 1.29 is 37.5 Å². The van der Waals surface area contributed by atoms with Gasteiger partial charge in [0, 0.05) is 18.1 Å². The highest BCUT2D eigenvalue weighted by Gasteiger charge is 2.20. The van der Waals surface area contributed by atoms with Gasteiger partial charge in [-0.15, -0.1) is 0 Å². The van der Waals surface area contributed by atoms with Crippen LogP contribution in [-0.2, 0) is 4.79 Å². The summed E-state index contributed by atoms with van der Waals surface area (Å²) in [5.41, 5.74) is -0.182. The molecular weight excluding hydrogens is 404 g/mol. The molecule has 158 valence electrons. The quantitative estimate of drug-likeness (QED) is 0.147. The number of nitro benzene ring substituents is 1. The van der Waals surface area contributed by atoms with Gasteiger partial charge in [-0.25, -0.2) is 4.79 Å². The number of hydrogen-bond donors (Lipinski definition) is 0. The van der Waals surface area contributed by atoms with Crippen LogP contribution in [0, 0.1) is 10.1 Å². The molecule has 0 amide bonds. The summed E-state index contributed by atoms with van der Waals surface area (Å²) in [6.07, 6.45) is 2.36. The van der Waals surface area contributed by atoms with Gasteiger partial charge in [-0.3, -0.25) is 14.9 Å². The Kier molecular flexibility index (Phi) is 7.56. The van der Waals surface area contributed by atoms with E-state index in [4.69, 9.17) is 9.47 Å². The summed E-state index contributed by atoms with van der Waals surface area (Å²) in [7, 11) is 1.17. The molecule has 30 heavy (non-hydrogen) atoms. The molecule has 0 heterocycles. The van der Waals surface area contributed by atoms with Gasteiger partial charge in [0.2, 0.25) is 0 Å². The molecule has 0 fully saturated rings. The highest BCUT2D eigenvalue weighted by Crippen LogP contribution is 2.36. The zero-order chi connectivity index (χ0) is 22.3. The maximum Gasteiger partial charge on any atom is 0.387 e. The van der Waals surface area contributed by atoms with Gasteiger partial charge in [0.25, 0.3) is 5.69 Å². The topological polar surface area (TPSA) is 105 Å². The number of nitro groups is 1. The van der Waals surface area contributed by atoms with Crippen LogP contribution in [0.2, 0.25) is 0 Å². The molecule has 0 N–H and O–H groups in total. The summed E-state index contributed by atoms with van der Waals surface area (Å²) in [6, 6.07) is 7.77. The molecule has 0 radical (unpaired) electrons. The van der Waals surface area contributed by atoms with E-state index in [0.717, 1.165) is 24.3 Å². The molecule has 8 nitrogen and oxygen atoms in total. The molecule has 0 unspecified atom stereocenters. The van der Waals surface area contributed by atoms with E-state index in [2.05, 4.69) is 4.74 Å². The first kappa shape index (κ1) is 22.5. The van der Waals surface area contributed by atoms with Crippen molar-refractivity contribution in [2.45, 2.75) is 20.0 Å². The van der Waals surface area contributed by atoms with Crippen LogP contribution in [0.4, 0.5) is 14.5 Å². The Balaban J connectivity index is 2.22. The number of ketones is 1. The van der Waals surface area contributed by atoms with Crippen molar-refractivity contribution in [3.63, 3.8) is 0 Å². The lowest BCUT2D eigenvalue weighted by atomic mass is 10.1. The van der Waals surface area contributed by atoms with Gasteiger partial charge < -0.3 is 14.2 Å². The van der Waals surface area contributed by atoms with Gasteiger partial charge in [0.15, 0.2) is 17.3 Å². The Labute approximate surface area is 169 Å². The van der Waals surface area contributed by atoms with Gasteiger partial charge in [-0.05, 0) is 36.4 Å². The van der Waals surface area contributed by atoms with Crippen LogP contribution in [-0.4, -0.2) is 30.4 Å². The minimum Gasteiger partial charge on any atom is -0.493 e. The van der Waals surface area contributed by atoms with Crippen molar-refractivity contribution >= 4 is 23.5 Å². The fourth-order valence-electron chi connectivity index (χ4n) is 2.43. The molecule has 0 aliphatic carbocycles. The number of nitrogens with zero attached hydrogens (tertiary/aromatic N) is 1. The molecular formula is C20H17F2NO7. The lowest BCUT2D eigenvalue weighted by Gasteiger charge is -2.10. The number of halogens is 2. The predicted octanol–water partition coefficient (Wildman–Crippen LogP) is 4.42. The van der Waals surface area contributed by atoms with Crippen molar-refractivity contribution in [2.75, 3.05) is 7.11 Å². The molecule has 2 aromatic carbocycles. The summed E-state index contributed by atoms with van der Waals surface area (Å²) in [5.74, 6) is -1.42. The summed E-state index contributed by atoms with van der Waals surface area (Å²) < 4.78 is 39.2. The van der Waals surface area contributed by atoms with Crippen molar-refractivity contribution in [3.05, 3.63) is 63.7 Å². The van der Waals surface area contributed by atoms with E-state index in [-0.39, 0.29) is 22.8 Å². The number of ether oxygens (including phenoxy) is 3. The smallest absolute Gasteiger partial charge is 0.387 e. The number of carbonyl (C=O) groups excluding carboxylic acids is 2. The van der Waals surface area contributed by atoms with E-state index >= 15 is 0 Å². The Morgan fingerprint density at radius 1 is 1.17 bits per heavy atom. The second-order valence-electron chi connectivity index (χ2n) is 5.75. The Morgan fingerprint density at radius 2 is 1.83 bits per heavy atom. The summed E-state index contributed by atoms with van der Waals surface area (Å²) in [4.78, 5) is 34.0. The molecule has 0 saturated heterocycles. The Hall–Kier alpha value is -3.82. The third-order valence-corrected chi connectivity index (χ3v) is 3.84. The molecule has 2 aromatic rings. The fourth-order valence-corrected chi connectivity index (χ4v) is 2.43. The van der Waals surface area contributed by atoms with Crippen LogP contribution in [0.15, 0.2) is 42.5 Å². The highest BCUT2D eigenvalue weighted by atomic mass is 19.3. The van der Waals surface area contributed by atoms with Gasteiger partial charge in [-0.1, -0.05) is 6.92 Å². The first-order chi connectivity index (χ1) is 14.2. The van der Waals surface area contributed by atoms with Crippen LogP contribution < -0.4 is 14.2 Å². The minimum absolute atomic E-state index is 0.0618. The summed E-state index contributed by atoms with van der Waals surface area (Å²) >= 11 is 0. The van der Waals surface area contributed by atoms with Crippen LogP contribution >= 0.6 is 0 Å². The average Bonchev–Trinajstić information content (AvgIpc) is 2.71. The number of esters is 1. The van der Waals surface area contributed by atoms with Crippen LogP contribution in [0.25, 0.3) is 6.08 Å². The molecule has 0 bridgehead atoms. The van der Waals surface area contributed by atoms with Crippen LogP contribution in [0.1, 0.15) is 29.3 Å². The van der Waals surface area contributed by atoms with Gasteiger partial charge in [0.1, 0.15) is 5.75 Å². The van der Waals surface area contributed by atoms with E-state index in [1.165, 1.54) is 31.4 Å². The standard InChI is InChI=1S/C20H17F2NO7/c1-3-16(24)12-4-7-14(8-5-12)29-19(25)9-6-13-10-17(28-2)18(30-20(21)22)11-15(13)23(26)27/h4-11,20H,3H2,1-2H3/b9-6+. The highest BCUT2D eigenvalue weighted by molar-refractivity contribution is 5.96. The van der Waals surface area contributed by atoms with Crippen molar-refractivity contribution in [1.82, 2.24) is 0 Å². The predicted molar refractivity (Wildman–Crippen MR) is 102 cm³/mol. The zero-order valence-electron chi connectivity index (χ0n) is 16.0. The first-order valence-corrected chi connectivity index (χ1v) is 8.59. The minimum atomic E-state index is -3.20. The number of Topliss-reactive ketones (excluding diaryl/α,β-unsaturated/α-hetero) is 1. The second-order valence-corrected chi connectivity index (χ2v) is 5.75.